The van der Waals surface area contributed by atoms with E-state index in [0.717, 1.165) is 16.4 Å². The molecule has 11 heteroatoms. The first-order chi connectivity index (χ1) is 10.0. The number of hydrogen-bond acceptors (Lipinski definition) is 5. The molecule has 0 aromatic heterocycles. The van der Waals surface area contributed by atoms with Gasteiger partial charge in [0.2, 0.25) is 10.0 Å². The van der Waals surface area contributed by atoms with Crippen LogP contribution in [0.2, 0.25) is 0 Å². The Morgan fingerprint density at radius 2 is 1.77 bits per heavy atom. The van der Waals surface area contributed by atoms with Gasteiger partial charge in [-0.1, -0.05) is 13.8 Å². The van der Waals surface area contributed by atoms with Crippen molar-refractivity contribution in [2.45, 2.75) is 25.1 Å². The summed E-state index contributed by atoms with van der Waals surface area (Å²) in [6, 6.07) is 2.29. The molecular formula is C11H15BF3NO5S. The molecule has 124 valence electrons. The van der Waals surface area contributed by atoms with Crippen LogP contribution in [0.5, 0.6) is 5.75 Å². The molecule has 1 rings (SSSR count). The van der Waals surface area contributed by atoms with Gasteiger partial charge in [-0.2, -0.15) is 4.31 Å². The second-order valence-corrected chi connectivity index (χ2v) is 6.12. The van der Waals surface area contributed by atoms with Gasteiger partial charge in [0.15, 0.2) is 0 Å². The molecule has 0 saturated carbocycles. The second kappa shape index (κ2) is 6.86. The van der Waals surface area contributed by atoms with E-state index in [1.165, 1.54) is 0 Å². The number of nitrogens with zero attached hydrogens (tertiary/aromatic N) is 1. The van der Waals surface area contributed by atoms with Crippen molar-refractivity contribution in [3.63, 3.8) is 0 Å². The van der Waals surface area contributed by atoms with Crippen LogP contribution in [0, 0.1) is 0 Å². The monoisotopic (exact) mass is 341 g/mol. The largest absolute Gasteiger partial charge is 0.573 e. The summed E-state index contributed by atoms with van der Waals surface area (Å²) in [5.74, 6) is -0.742. The van der Waals surface area contributed by atoms with Crippen molar-refractivity contribution in [1.29, 1.82) is 0 Å². The van der Waals surface area contributed by atoms with E-state index < -0.39 is 39.6 Å². The summed E-state index contributed by atoms with van der Waals surface area (Å²) in [5.41, 5.74) is -0.589. The van der Waals surface area contributed by atoms with Gasteiger partial charge in [-0.3, -0.25) is 0 Å². The Labute approximate surface area is 126 Å². The van der Waals surface area contributed by atoms with Crippen molar-refractivity contribution < 1.29 is 36.4 Å². The van der Waals surface area contributed by atoms with Crippen molar-refractivity contribution in [3.05, 3.63) is 18.2 Å². The molecule has 0 saturated heterocycles. The molecule has 0 fully saturated rings. The fourth-order valence-corrected chi connectivity index (χ4v) is 3.52. The Morgan fingerprint density at radius 1 is 1.23 bits per heavy atom. The minimum Gasteiger partial charge on any atom is -0.423 e. The molecule has 2 N–H and O–H groups in total. The number of ether oxygens (including phenoxy) is 1. The Morgan fingerprint density at radius 3 is 2.18 bits per heavy atom. The smallest absolute Gasteiger partial charge is 0.423 e. The number of benzene rings is 1. The lowest BCUT2D eigenvalue weighted by Gasteiger charge is -2.21. The molecule has 1 aromatic rings. The van der Waals surface area contributed by atoms with Gasteiger partial charge in [-0.05, 0) is 18.2 Å². The lowest BCUT2D eigenvalue weighted by molar-refractivity contribution is -0.274. The molecule has 0 aliphatic carbocycles. The maximum absolute atomic E-state index is 12.4. The standard InChI is InChI=1S/C11H15BF3NO5S/c1-3-16(4-2)22(19,20)10-6-5-8(21-11(13,14)15)7-9(10)12(17)18/h5-7,17-18H,3-4H2,1-2H3. The topological polar surface area (TPSA) is 87.1 Å². The normalized spacial score (nSPS) is 12.5. The molecular weight excluding hydrogens is 326 g/mol. The second-order valence-electron chi connectivity index (χ2n) is 4.21. The van der Waals surface area contributed by atoms with Crippen LogP contribution in [-0.4, -0.2) is 49.3 Å². The predicted molar refractivity (Wildman–Crippen MR) is 73.1 cm³/mol. The molecule has 0 radical (unpaired) electrons. The minimum absolute atomic E-state index is 0.126. The van der Waals surface area contributed by atoms with Crippen LogP contribution in [-0.2, 0) is 10.0 Å². The molecule has 0 unspecified atom stereocenters. The molecule has 0 aliphatic heterocycles. The van der Waals surface area contributed by atoms with Gasteiger partial charge < -0.3 is 14.8 Å². The number of alkyl halides is 3. The Balaban J connectivity index is 3.38. The van der Waals surface area contributed by atoms with Crippen molar-refractivity contribution in [3.8, 4) is 5.75 Å². The summed E-state index contributed by atoms with van der Waals surface area (Å²) in [5, 5.41) is 18.5. The fourth-order valence-electron chi connectivity index (χ4n) is 1.86. The highest BCUT2D eigenvalue weighted by Crippen LogP contribution is 2.24. The molecule has 0 heterocycles. The summed E-state index contributed by atoms with van der Waals surface area (Å²) in [6.45, 7) is 3.41. The van der Waals surface area contributed by atoms with Gasteiger partial charge in [-0.15, -0.1) is 13.2 Å². The predicted octanol–water partition coefficient (Wildman–Crippen LogP) is 0.296. The summed E-state index contributed by atoms with van der Waals surface area (Å²) >= 11 is 0. The molecule has 0 bridgehead atoms. The minimum atomic E-state index is -4.98. The Bertz CT molecular complexity index is 617. The molecule has 0 spiro atoms. The first-order valence-corrected chi connectivity index (χ1v) is 7.73. The van der Waals surface area contributed by atoms with Gasteiger partial charge >= 0.3 is 13.5 Å². The quantitative estimate of drug-likeness (QED) is 0.727. The highest BCUT2D eigenvalue weighted by molar-refractivity contribution is 7.89. The van der Waals surface area contributed by atoms with Crippen LogP contribution in [0.15, 0.2) is 23.1 Å². The van der Waals surface area contributed by atoms with Crippen molar-refractivity contribution in [2.75, 3.05) is 13.1 Å². The lowest BCUT2D eigenvalue weighted by Crippen LogP contribution is -2.39. The highest BCUT2D eigenvalue weighted by Gasteiger charge is 2.33. The lowest BCUT2D eigenvalue weighted by atomic mass is 9.80. The Kier molecular flexibility index (Phi) is 5.85. The zero-order chi connectivity index (χ0) is 17.1. The first-order valence-electron chi connectivity index (χ1n) is 6.29. The third kappa shape index (κ3) is 4.35. The summed E-state index contributed by atoms with van der Waals surface area (Å²) in [4.78, 5) is -0.485. The van der Waals surface area contributed by atoms with E-state index in [4.69, 9.17) is 0 Å². The van der Waals surface area contributed by atoms with Crippen LogP contribution in [0.4, 0.5) is 13.2 Å². The first kappa shape index (κ1) is 18.8. The SMILES string of the molecule is CCN(CC)S(=O)(=O)c1ccc(OC(F)(F)F)cc1B(O)O. The Hall–Kier alpha value is -1.30. The zero-order valence-electron chi connectivity index (χ0n) is 11.8. The number of sulfonamides is 1. The molecule has 0 amide bonds. The van der Waals surface area contributed by atoms with Crippen molar-refractivity contribution in [2.24, 2.45) is 0 Å². The van der Waals surface area contributed by atoms with Crippen LogP contribution in [0.1, 0.15) is 13.8 Å². The third-order valence-electron chi connectivity index (χ3n) is 2.82. The van der Waals surface area contributed by atoms with E-state index in [1.54, 1.807) is 13.8 Å². The molecule has 0 aliphatic rings. The van der Waals surface area contributed by atoms with E-state index in [-0.39, 0.29) is 13.1 Å². The molecule has 0 atom stereocenters. The van der Waals surface area contributed by atoms with E-state index >= 15 is 0 Å². The number of hydrogen-bond donors (Lipinski definition) is 2. The van der Waals surface area contributed by atoms with Gasteiger partial charge in [0.1, 0.15) is 5.75 Å². The summed E-state index contributed by atoms with van der Waals surface area (Å²) in [7, 11) is -6.33. The van der Waals surface area contributed by atoms with Gasteiger partial charge in [0.05, 0.1) is 4.90 Å². The van der Waals surface area contributed by atoms with E-state index in [2.05, 4.69) is 4.74 Å². The molecule has 22 heavy (non-hydrogen) atoms. The number of rotatable bonds is 6. The molecule has 6 nitrogen and oxygen atoms in total. The molecule has 1 aromatic carbocycles. The van der Waals surface area contributed by atoms with Crippen LogP contribution < -0.4 is 10.2 Å². The van der Waals surface area contributed by atoms with Crippen molar-refractivity contribution >= 4 is 22.6 Å². The zero-order valence-corrected chi connectivity index (χ0v) is 12.6. The van der Waals surface area contributed by atoms with Crippen molar-refractivity contribution in [1.82, 2.24) is 4.31 Å². The average Bonchev–Trinajstić information content (AvgIpc) is 2.37. The average molecular weight is 341 g/mol. The van der Waals surface area contributed by atoms with E-state index in [0.29, 0.717) is 6.07 Å². The third-order valence-corrected chi connectivity index (χ3v) is 4.94. The van der Waals surface area contributed by atoms with Crippen LogP contribution >= 0.6 is 0 Å². The summed E-state index contributed by atoms with van der Waals surface area (Å²) in [6.07, 6.45) is -4.98. The van der Waals surface area contributed by atoms with Crippen LogP contribution in [0.3, 0.4) is 0 Å². The summed E-state index contributed by atoms with van der Waals surface area (Å²) < 4.78 is 65.9. The van der Waals surface area contributed by atoms with E-state index in [1.807, 2.05) is 0 Å². The highest BCUT2D eigenvalue weighted by atomic mass is 32.2. The van der Waals surface area contributed by atoms with Gasteiger partial charge in [0, 0.05) is 18.6 Å². The van der Waals surface area contributed by atoms with Gasteiger partial charge in [-0.25, -0.2) is 8.42 Å². The maximum Gasteiger partial charge on any atom is 0.573 e. The van der Waals surface area contributed by atoms with Crippen LogP contribution in [0.25, 0.3) is 0 Å². The number of halogens is 3. The maximum atomic E-state index is 12.4. The fraction of sp³-hybridized carbons (Fsp3) is 0.455. The van der Waals surface area contributed by atoms with Gasteiger partial charge in [0.25, 0.3) is 0 Å². The van der Waals surface area contributed by atoms with E-state index in [9.17, 15) is 31.6 Å².